The lowest BCUT2D eigenvalue weighted by Crippen LogP contribution is -2.64. The molecule has 1 amide bonds. The fraction of sp³-hybridized carbons (Fsp3) is 0.462. The average Bonchev–Trinajstić information content (AvgIpc) is 2.84. The number of piperidine rings is 1. The van der Waals surface area contributed by atoms with E-state index < -0.39 is 11.5 Å². The largest absolute Gasteiger partial charge is 0.489 e. The van der Waals surface area contributed by atoms with Crippen molar-refractivity contribution in [1.82, 2.24) is 10.2 Å². The summed E-state index contributed by atoms with van der Waals surface area (Å²) in [5.41, 5.74) is 0.424. The summed E-state index contributed by atoms with van der Waals surface area (Å²) in [4.78, 5) is 27.1. The number of carbonyl (C=O) groups is 2. The Bertz CT molecular complexity index is 1010. The molecule has 2 aromatic carbocycles. The number of nitrogens with one attached hydrogen (secondary N) is 1. The van der Waals surface area contributed by atoms with Gasteiger partial charge in [0, 0.05) is 24.8 Å². The van der Waals surface area contributed by atoms with E-state index in [1.165, 1.54) is 0 Å². The topological polar surface area (TPSA) is 88.1 Å². The van der Waals surface area contributed by atoms with Crippen LogP contribution in [0.1, 0.15) is 54.6 Å². The molecule has 2 atom stereocenters. The van der Waals surface area contributed by atoms with E-state index in [1.54, 1.807) is 24.3 Å². The number of aromatic carboxylic acids is 1. The van der Waals surface area contributed by atoms with E-state index >= 15 is 0 Å². The van der Waals surface area contributed by atoms with Crippen molar-refractivity contribution in [1.29, 1.82) is 0 Å². The van der Waals surface area contributed by atoms with E-state index in [4.69, 9.17) is 26.2 Å². The number of carboxylic acids is 1. The molecule has 0 bridgehead atoms. The second-order valence-electron chi connectivity index (χ2n) is 9.05. The van der Waals surface area contributed by atoms with Crippen molar-refractivity contribution in [2.75, 3.05) is 26.3 Å². The van der Waals surface area contributed by atoms with Gasteiger partial charge in [-0.1, -0.05) is 29.8 Å². The van der Waals surface area contributed by atoms with E-state index in [0.717, 1.165) is 30.7 Å². The fourth-order valence-corrected chi connectivity index (χ4v) is 5.06. The average molecular weight is 487 g/mol. The number of nitrogens with zero attached hydrogens (tertiary/aromatic N) is 1. The minimum absolute atomic E-state index is 0.0194. The smallest absolute Gasteiger partial charge is 0.335 e. The van der Waals surface area contributed by atoms with Gasteiger partial charge >= 0.3 is 5.97 Å². The summed E-state index contributed by atoms with van der Waals surface area (Å²) in [7, 11) is 0. The molecule has 0 spiro atoms. The lowest BCUT2D eigenvalue weighted by molar-refractivity contribution is -0.144. The van der Waals surface area contributed by atoms with Crippen LogP contribution in [0.5, 0.6) is 5.75 Å². The summed E-state index contributed by atoms with van der Waals surface area (Å²) in [6.45, 7) is 4.46. The first-order valence-electron chi connectivity index (χ1n) is 11.8. The van der Waals surface area contributed by atoms with Gasteiger partial charge in [0.05, 0.1) is 11.6 Å². The van der Waals surface area contributed by atoms with Gasteiger partial charge in [-0.15, -0.1) is 0 Å². The van der Waals surface area contributed by atoms with Gasteiger partial charge in [0.1, 0.15) is 17.4 Å². The van der Waals surface area contributed by atoms with Crippen LogP contribution < -0.4 is 10.1 Å². The van der Waals surface area contributed by atoms with E-state index in [2.05, 4.69) is 10.2 Å². The molecule has 0 aliphatic carbocycles. The summed E-state index contributed by atoms with van der Waals surface area (Å²) in [6, 6.07) is 13.8. The summed E-state index contributed by atoms with van der Waals surface area (Å²) < 4.78 is 11.8. The van der Waals surface area contributed by atoms with Crippen molar-refractivity contribution in [3.63, 3.8) is 0 Å². The van der Waals surface area contributed by atoms with Gasteiger partial charge in [0.2, 0.25) is 5.91 Å². The van der Waals surface area contributed by atoms with Gasteiger partial charge in [-0.3, -0.25) is 9.69 Å². The van der Waals surface area contributed by atoms with Gasteiger partial charge in [-0.05, 0) is 75.0 Å². The van der Waals surface area contributed by atoms with Crippen LogP contribution >= 0.6 is 11.6 Å². The van der Waals surface area contributed by atoms with Crippen molar-refractivity contribution < 1.29 is 24.2 Å². The first-order valence-corrected chi connectivity index (χ1v) is 12.1. The molecule has 8 heteroatoms. The third kappa shape index (κ3) is 5.54. The van der Waals surface area contributed by atoms with E-state index in [1.807, 2.05) is 31.2 Å². The Morgan fingerprint density at radius 2 is 1.94 bits per heavy atom. The Kier molecular flexibility index (Phi) is 7.76. The minimum atomic E-state index is -0.968. The highest BCUT2D eigenvalue weighted by Crippen LogP contribution is 2.33. The minimum Gasteiger partial charge on any atom is -0.489 e. The van der Waals surface area contributed by atoms with Crippen LogP contribution in [-0.2, 0) is 9.53 Å². The van der Waals surface area contributed by atoms with E-state index in [0.29, 0.717) is 37.6 Å². The second kappa shape index (κ2) is 10.8. The van der Waals surface area contributed by atoms with Crippen LogP contribution in [0.2, 0.25) is 5.02 Å². The zero-order valence-corrected chi connectivity index (χ0v) is 20.1. The lowest BCUT2D eigenvalue weighted by atomic mass is 9.84. The Morgan fingerprint density at radius 3 is 2.62 bits per heavy atom. The highest BCUT2D eigenvalue weighted by atomic mass is 35.5. The highest BCUT2D eigenvalue weighted by molar-refractivity contribution is 6.30. The van der Waals surface area contributed by atoms with Crippen LogP contribution in [0, 0.1) is 0 Å². The highest BCUT2D eigenvalue weighted by Gasteiger charge is 2.47. The molecule has 0 saturated carbocycles. The first kappa shape index (κ1) is 24.5. The monoisotopic (exact) mass is 486 g/mol. The SMILES string of the molecule is CC(NC(=O)C1(N2CCC[C@H](Oc3cccc(Cl)c3)C2)CCOCC1)c1ccc(C(=O)O)cc1. The number of amides is 1. The molecule has 2 fully saturated rings. The summed E-state index contributed by atoms with van der Waals surface area (Å²) >= 11 is 6.11. The molecule has 2 saturated heterocycles. The number of hydrogen-bond acceptors (Lipinski definition) is 5. The molecule has 0 radical (unpaired) electrons. The number of carboxylic acid groups (broad SMARTS) is 1. The standard InChI is InChI=1S/C26H31ClN2O5/c1-18(19-7-9-20(10-8-19)24(30)31)28-25(32)26(11-14-33-15-12-26)29-13-3-6-23(17-29)34-22-5-2-4-21(27)16-22/h2,4-5,7-10,16,18,23H,3,6,11-15,17H2,1H3,(H,28,32)(H,30,31)/t18?,23-/m0/s1. The molecule has 1 unspecified atom stereocenters. The van der Waals surface area contributed by atoms with E-state index in [9.17, 15) is 9.59 Å². The molecule has 2 aliphatic rings. The molecule has 0 aromatic heterocycles. The fourth-order valence-electron chi connectivity index (χ4n) is 4.88. The van der Waals surface area contributed by atoms with Gasteiger partial charge in [-0.25, -0.2) is 4.79 Å². The number of hydrogen-bond donors (Lipinski definition) is 2. The molecule has 182 valence electrons. The normalized spacial score (nSPS) is 21.4. The van der Waals surface area contributed by atoms with Crippen LogP contribution in [0.15, 0.2) is 48.5 Å². The molecular formula is C26H31ClN2O5. The zero-order chi connectivity index (χ0) is 24.1. The van der Waals surface area contributed by atoms with Gasteiger partial charge in [-0.2, -0.15) is 0 Å². The molecular weight excluding hydrogens is 456 g/mol. The molecule has 4 rings (SSSR count). The molecule has 7 nitrogen and oxygen atoms in total. The van der Waals surface area contributed by atoms with Gasteiger partial charge in [0.15, 0.2) is 0 Å². The predicted octanol–water partition coefficient (Wildman–Crippen LogP) is 4.31. The Labute approximate surface area is 205 Å². The van der Waals surface area contributed by atoms with Gasteiger partial charge < -0.3 is 19.9 Å². The van der Waals surface area contributed by atoms with Crippen LogP contribution in [0.3, 0.4) is 0 Å². The van der Waals surface area contributed by atoms with E-state index in [-0.39, 0.29) is 23.6 Å². The number of halogens is 1. The maximum Gasteiger partial charge on any atom is 0.335 e. The third-order valence-corrected chi connectivity index (χ3v) is 7.07. The molecule has 2 N–H and O–H groups in total. The van der Waals surface area contributed by atoms with Crippen molar-refractivity contribution in [3.8, 4) is 5.75 Å². The van der Waals surface area contributed by atoms with Crippen LogP contribution in [0.4, 0.5) is 0 Å². The molecule has 2 aromatic rings. The van der Waals surface area contributed by atoms with Crippen LogP contribution in [-0.4, -0.2) is 59.8 Å². The Balaban J connectivity index is 1.48. The summed E-state index contributed by atoms with van der Waals surface area (Å²) in [5, 5.41) is 13.0. The molecule has 34 heavy (non-hydrogen) atoms. The molecule has 2 heterocycles. The number of likely N-dealkylation sites (tertiary alicyclic amines) is 1. The maximum atomic E-state index is 13.7. The van der Waals surface area contributed by atoms with Crippen molar-refractivity contribution in [2.45, 2.75) is 50.3 Å². The number of benzene rings is 2. The summed E-state index contributed by atoms with van der Waals surface area (Å²) in [6.07, 6.45) is 3.07. The number of rotatable bonds is 7. The number of carbonyl (C=O) groups excluding carboxylic acids is 1. The molecule has 2 aliphatic heterocycles. The number of ether oxygens (including phenoxy) is 2. The van der Waals surface area contributed by atoms with Crippen molar-refractivity contribution >= 4 is 23.5 Å². The van der Waals surface area contributed by atoms with Crippen molar-refractivity contribution in [3.05, 3.63) is 64.7 Å². The third-order valence-electron chi connectivity index (χ3n) is 6.83. The zero-order valence-electron chi connectivity index (χ0n) is 19.3. The van der Waals surface area contributed by atoms with Crippen molar-refractivity contribution in [2.24, 2.45) is 0 Å². The predicted molar refractivity (Wildman–Crippen MR) is 129 cm³/mol. The lowest BCUT2D eigenvalue weighted by Gasteiger charge is -2.48. The van der Waals surface area contributed by atoms with Gasteiger partial charge in [0.25, 0.3) is 0 Å². The summed E-state index contributed by atoms with van der Waals surface area (Å²) in [5.74, 6) is -0.249. The second-order valence-corrected chi connectivity index (χ2v) is 9.49. The van der Waals surface area contributed by atoms with Crippen LogP contribution in [0.25, 0.3) is 0 Å². The quantitative estimate of drug-likeness (QED) is 0.606. The Hall–Kier alpha value is -2.61. The first-order chi connectivity index (χ1) is 16.4. The maximum absolute atomic E-state index is 13.7. The Morgan fingerprint density at radius 1 is 1.21 bits per heavy atom.